The zero-order valence-electron chi connectivity index (χ0n) is 8.78. The second-order valence-electron chi connectivity index (χ2n) is 3.14. The fraction of sp³-hybridized carbons (Fsp3) is 0.300. The summed E-state index contributed by atoms with van der Waals surface area (Å²) in [6.45, 7) is 3.72. The van der Waals surface area contributed by atoms with E-state index in [2.05, 4.69) is 10.1 Å². The first-order valence-electron chi connectivity index (χ1n) is 4.72. The number of halogens is 1. The van der Waals surface area contributed by atoms with E-state index < -0.39 is 5.97 Å². The summed E-state index contributed by atoms with van der Waals surface area (Å²) in [5.41, 5.74) is 0.609. The molecule has 0 saturated carbocycles. The van der Waals surface area contributed by atoms with Crippen LogP contribution in [0.15, 0.2) is 10.7 Å². The van der Waals surface area contributed by atoms with Gasteiger partial charge in [0.05, 0.1) is 22.6 Å². The van der Waals surface area contributed by atoms with Crippen molar-refractivity contribution in [2.75, 3.05) is 6.61 Å². The minimum atomic E-state index is -0.498. The number of aromatic nitrogens is 2. The van der Waals surface area contributed by atoms with E-state index >= 15 is 0 Å². The van der Waals surface area contributed by atoms with E-state index in [1.165, 1.54) is 6.20 Å². The second-order valence-corrected chi connectivity index (χ2v) is 3.52. The summed E-state index contributed by atoms with van der Waals surface area (Å²) in [5.74, 6) is 0.0288. The molecule has 0 amide bonds. The largest absolute Gasteiger partial charge is 0.462 e. The maximum Gasteiger partial charge on any atom is 0.341 e. The van der Waals surface area contributed by atoms with Gasteiger partial charge in [-0.15, -0.1) is 0 Å². The summed E-state index contributed by atoms with van der Waals surface area (Å²) in [4.78, 5) is 15.5. The van der Waals surface area contributed by atoms with Crippen molar-refractivity contribution in [2.45, 2.75) is 13.8 Å². The average Bonchev–Trinajstić information content (AvgIpc) is 2.62. The first-order valence-corrected chi connectivity index (χ1v) is 5.10. The number of pyridine rings is 1. The number of rotatable bonds is 2. The summed E-state index contributed by atoms with van der Waals surface area (Å²) in [5, 5.41) is 4.52. The molecule has 16 heavy (non-hydrogen) atoms. The predicted molar refractivity (Wildman–Crippen MR) is 57.5 cm³/mol. The van der Waals surface area contributed by atoms with Gasteiger partial charge in [-0.05, 0) is 13.8 Å². The van der Waals surface area contributed by atoms with Gasteiger partial charge < -0.3 is 9.26 Å². The van der Waals surface area contributed by atoms with Crippen molar-refractivity contribution in [3.8, 4) is 0 Å². The van der Waals surface area contributed by atoms with Crippen molar-refractivity contribution in [3.63, 3.8) is 0 Å². The highest BCUT2D eigenvalue weighted by Crippen LogP contribution is 2.28. The van der Waals surface area contributed by atoms with Crippen LogP contribution in [0.5, 0.6) is 0 Å². The highest BCUT2D eigenvalue weighted by Gasteiger charge is 2.18. The minimum Gasteiger partial charge on any atom is -0.462 e. The van der Waals surface area contributed by atoms with Gasteiger partial charge >= 0.3 is 5.97 Å². The van der Waals surface area contributed by atoms with Gasteiger partial charge in [0.1, 0.15) is 5.76 Å². The molecule has 2 aromatic heterocycles. The van der Waals surface area contributed by atoms with Crippen molar-refractivity contribution in [1.29, 1.82) is 0 Å². The van der Waals surface area contributed by atoms with Crippen LogP contribution in [0.25, 0.3) is 11.0 Å². The van der Waals surface area contributed by atoms with E-state index in [0.29, 0.717) is 16.8 Å². The van der Waals surface area contributed by atoms with E-state index in [9.17, 15) is 4.79 Å². The number of carbonyl (C=O) groups excluding carboxylic acids is 1. The molecule has 0 bridgehead atoms. The van der Waals surface area contributed by atoms with Crippen LogP contribution >= 0.6 is 11.6 Å². The third-order valence-corrected chi connectivity index (χ3v) is 2.50. The van der Waals surface area contributed by atoms with Crippen molar-refractivity contribution < 1.29 is 14.1 Å². The molecule has 0 spiro atoms. The summed E-state index contributed by atoms with van der Waals surface area (Å²) < 4.78 is 9.80. The fourth-order valence-corrected chi connectivity index (χ4v) is 1.71. The lowest BCUT2D eigenvalue weighted by Crippen LogP contribution is -2.06. The average molecular weight is 241 g/mol. The van der Waals surface area contributed by atoms with Crippen molar-refractivity contribution in [2.24, 2.45) is 0 Å². The Morgan fingerprint density at radius 2 is 2.38 bits per heavy atom. The van der Waals surface area contributed by atoms with E-state index in [-0.39, 0.29) is 17.2 Å². The predicted octanol–water partition coefficient (Wildman–Crippen LogP) is 2.36. The maximum atomic E-state index is 11.5. The Bertz CT molecular complexity index is 550. The Hall–Kier alpha value is -1.62. The van der Waals surface area contributed by atoms with Gasteiger partial charge in [0.25, 0.3) is 0 Å². The van der Waals surface area contributed by atoms with Crippen LogP contribution in [0, 0.1) is 6.92 Å². The summed E-state index contributed by atoms with van der Waals surface area (Å²) in [6, 6.07) is 0. The number of hydrogen-bond donors (Lipinski definition) is 0. The lowest BCUT2D eigenvalue weighted by Gasteiger charge is -2.03. The van der Waals surface area contributed by atoms with Gasteiger partial charge in [-0.1, -0.05) is 16.8 Å². The molecule has 6 heteroatoms. The summed E-state index contributed by atoms with van der Waals surface area (Å²) in [6.07, 6.45) is 1.34. The van der Waals surface area contributed by atoms with Crippen LogP contribution in [-0.2, 0) is 4.74 Å². The van der Waals surface area contributed by atoms with Crippen molar-refractivity contribution in [1.82, 2.24) is 10.1 Å². The Morgan fingerprint density at radius 3 is 3.06 bits per heavy atom. The minimum absolute atomic E-state index is 0.224. The first-order chi connectivity index (χ1) is 7.65. The van der Waals surface area contributed by atoms with Gasteiger partial charge in [-0.2, -0.15) is 0 Å². The van der Waals surface area contributed by atoms with Crippen LogP contribution in [0.3, 0.4) is 0 Å². The lowest BCUT2D eigenvalue weighted by atomic mass is 10.2. The van der Waals surface area contributed by atoms with Crippen LogP contribution in [0.4, 0.5) is 0 Å². The quantitative estimate of drug-likeness (QED) is 0.754. The molecule has 0 N–H and O–H groups in total. The van der Waals surface area contributed by atoms with Crippen LogP contribution in [-0.4, -0.2) is 22.7 Å². The molecular weight excluding hydrogens is 232 g/mol. The molecule has 0 saturated heterocycles. The molecular formula is C10H9ClN2O3. The highest BCUT2D eigenvalue weighted by atomic mass is 35.5. The molecule has 0 unspecified atom stereocenters. The molecule has 0 radical (unpaired) electrons. The van der Waals surface area contributed by atoms with Gasteiger partial charge in [0.15, 0.2) is 0 Å². The molecule has 84 valence electrons. The third kappa shape index (κ3) is 1.63. The zero-order chi connectivity index (χ0) is 11.7. The number of ether oxygens (including phenoxy) is 1. The van der Waals surface area contributed by atoms with E-state index in [4.69, 9.17) is 20.9 Å². The van der Waals surface area contributed by atoms with Crippen molar-refractivity contribution in [3.05, 3.63) is 22.5 Å². The summed E-state index contributed by atoms with van der Waals surface area (Å²) >= 11 is 6.08. The van der Waals surface area contributed by atoms with Gasteiger partial charge in [0, 0.05) is 6.20 Å². The van der Waals surface area contributed by atoms with Gasteiger partial charge in [0.2, 0.25) is 5.65 Å². The first kappa shape index (κ1) is 10.9. The number of fused-ring (bicyclic) bond motifs is 1. The number of nitrogens with zero attached hydrogens (tertiary/aromatic N) is 2. The van der Waals surface area contributed by atoms with Crippen LogP contribution < -0.4 is 0 Å². The molecule has 2 aromatic rings. The zero-order valence-corrected chi connectivity index (χ0v) is 9.54. The van der Waals surface area contributed by atoms with E-state index in [0.717, 1.165) is 0 Å². The van der Waals surface area contributed by atoms with E-state index in [1.54, 1.807) is 13.8 Å². The van der Waals surface area contributed by atoms with Gasteiger partial charge in [-0.25, -0.2) is 9.78 Å². The molecule has 0 aromatic carbocycles. The van der Waals surface area contributed by atoms with Crippen LogP contribution in [0.2, 0.25) is 5.02 Å². The van der Waals surface area contributed by atoms with Gasteiger partial charge in [-0.3, -0.25) is 0 Å². The number of carbonyl (C=O) groups is 1. The Labute approximate surface area is 96.3 Å². The molecule has 0 aliphatic heterocycles. The highest BCUT2D eigenvalue weighted by molar-refractivity contribution is 6.38. The topological polar surface area (TPSA) is 65.2 Å². The van der Waals surface area contributed by atoms with E-state index in [1.807, 2.05) is 0 Å². The molecule has 5 nitrogen and oxygen atoms in total. The smallest absolute Gasteiger partial charge is 0.341 e. The molecule has 0 aliphatic rings. The molecule has 0 atom stereocenters. The summed E-state index contributed by atoms with van der Waals surface area (Å²) in [7, 11) is 0. The van der Waals surface area contributed by atoms with Crippen molar-refractivity contribution >= 4 is 28.6 Å². The Morgan fingerprint density at radius 1 is 1.62 bits per heavy atom. The fourth-order valence-electron chi connectivity index (χ4n) is 1.37. The lowest BCUT2D eigenvalue weighted by molar-refractivity contribution is 0.0526. The Balaban J connectivity index is 2.59. The molecule has 2 rings (SSSR count). The standard InChI is InChI=1S/C10H9ClN2O3/c1-3-15-10(14)6-4-12-9-7(8(6)11)5(2)16-13-9/h4H,3H2,1-2H3. The maximum absolute atomic E-state index is 11.5. The molecule has 2 heterocycles. The second kappa shape index (κ2) is 4.09. The molecule has 0 fully saturated rings. The normalized spacial score (nSPS) is 10.7. The number of hydrogen-bond acceptors (Lipinski definition) is 5. The number of esters is 1. The third-order valence-electron chi connectivity index (χ3n) is 2.11. The number of aryl methyl sites for hydroxylation is 1. The molecule has 0 aliphatic carbocycles. The SMILES string of the molecule is CCOC(=O)c1cnc2noc(C)c2c1Cl. The Kier molecular flexibility index (Phi) is 2.78. The van der Waals surface area contributed by atoms with Crippen LogP contribution in [0.1, 0.15) is 23.0 Å². The monoisotopic (exact) mass is 240 g/mol.